The highest BCUT2D eigenvalue weighted by molar-refractivity contribution is 5.49. The van der Waals surface area contributed by atoms with E-state index in [1.165, 1.54) is 13.0 Å². The molecule has 0 saturated carbocycles. The molecule has 5 nitrogen and oxygen atoms in total. The lowest BCUT2D eigenvalue weighted by atomic mass is 9.98. The summed E-state index contributed by atoms with van der Waals surface area (Å²) in [6.45, 7) is 6.22. The molecule has 0 spiro atoms. The number of aryl methyl sites for hydroxylation is 1. The van der Waals surface area contributed by atoms with Gasteiger partial charge in [0.1, 0.15) is 5.82 Å². The van der Waals surface area contributed by atoms with E-state index in [1.54, 1.807) is 12.3 Å². The molecule has 0 aliphatic carbocycles. The Labute approximate surface area is 160 Å². The minimum atomic E-state index is -4.36. The van der Waals surface area contributed by atoms with Gasteiger partial charge in [0.15, 0.2) is 5.65 Å². The molecule has 28 heavy (non-hydrogen) atoms. The number of ether oxygens (including phenoxy) is 1. The Bertz CT molecular complexity index is 1010. The minimum absolute atomic E-state index is 0.256. The summed E-state index contributed by atoms with van der Waals surface area (Å²) in [6, 6.07) is 4.33. The Balaban J connectivity index is 1.74. The molecule has 0 atom stereocenters. The number of alkyl halides is 3. The Morgan fingerprint density at radius 2 is 1.89 bits per heavy atom. The average Bonchev–Trinajstić information content (AvgIpc) is 2.98. The first kappa shape index (κ1) is 18.7. The van der Waals surface area contributed by atoms with Crippen molar-refractivity contribution in [3.63, 3.8) is 0 Å². The molecule has 1 saturated heterocycles. The lowest BCUT2D eigenvalue weighted by Crippen LogP contribution is -2.36. The van der Waals surface area contributed by atoms with Gasteiger partial charge >= 0.3 is 6.18 Å². The summed E-state index contributed by atoms with van der Waals surface area (Å²) in [4.78, 5) is 11.2. The number of halogens is 3. The number of imidazole rings is 1. The van der Waals surface area contributed by atoms with Crippen LogP contribution in [0.3, 0.4) is 0 Å². The third kappa shape index (κ3) is 3.44. The van der Waals surface area contributed by atoms with Gasteiger partial charge < -0.3 is 9.64 Å². The van der Waals surface area contributed by atoms with E-state index in [2.05, 4.69) is 14.9 Å². The van der Waals surface area contributed by atoms with Crippen LogP contribution in [-0.2, 0) is 17.3 Å². The molecule has 1 fully saturated rings. The van der Waals surface area contributed by atoms with Crippen LogP contribution in [0.5, 0.6) is 0 Å². The van der Waals surface area contributed by atoms with Crippen molar-refractivity contribution in [2.75, 3.05) is 31.2 Å². The van der Waals surface area contributed by atoms with Gasteiger partial charge in [-0.25, -0.2) is 9.97 Å². The summed E-state index contributed by atoms with van der Waals surface area (Å²) < 4.78 is 47.1. The van der Waals surface area contributed by atoms with Gasteiger partial charge in [-0.15, -0.1) is 0 Å². The van der Waals surface area contributed by atoms with Crippen molar-refractivity contribution in [1.29, 1.82) is 0 Å². The first-order valence-corrected chi connectivity index (χ1v) is 9.16. The number of hydrogen-bond donors (Lipinski definition) is 0. The number of aromatic nitrogens is 3. The Hall–Kier alpha value is -2.61. The quantitative estimate of drug-likeness (QED) is 0.683. The lowest BCUT2D eigenvalue weighted by Gasteiger charge is -2.27. The molecular weight excluding hydrogens is 369 g/mol. The van der Waals surface area contributed by atoms with E-state index >= 15 is 0 Å². The zero-order chi connectivity index (χ0) is 19.9. The van der Waals surface area contributed by atoms with Gasteiger partial charge in [0.25, 0.3) is 0 Å². The fraction of sp³-hybridized carbons (Fsp3) is 0.400. The molecule has 2 aromatic heterocycles. The predicted molar refractivity (Wildman–Crippen MR) is 99.7 cm³/mol. The molecule has 1 aromatic carbocycles. The molecule has 3 heterocycles. The van der Waals surface area contributed by atoms with E-state index in [9.17, 15) is 13.2 Å². The second kappa shape index (κ2) is 7.09. The number of morpholine rings is 1. The smallest absolute Gasteiger partial charge is 0.378 e. The van der Waals surface area contributed by atoms with Crippen molar-refractivity contribution in [1.82, 2.24) is 14.4 Å². The van der Waals surface area contributed by atoms with Gasteiger partial charge in [-0.1, -0.05) is 12.1 Å². The summed E-state index contributed by atoms with van der Waals surface area (Å²) in [6.07, 6.45) is -0.365. The SMILES string of the molecule is Cc1nc2cnc(N3CCOCC3)cn2c1Cc1cccc(C(F)(F)F)c1C. The highest BCUT2D eigenvalue weighted by atomic mass is 19.4. The molecule has 148 valence electrons. The van der Waals surface area contributed by atoms with E-state index in [0.29, 0.717) is 30.8 Å². The summed E-state index contributed by atoms with van der Waals surface area (Å²) in [5.41, 5.74) is 2.66. The Morgan fingerprint density at radius 3 is 2.61 bits per heavy atom. The molecule has 0 amide bonds. The van der Waals surface area contributed by atoms with Crippen LogP contribution in [0.1, 0.15) is 28.1 Å². The van der Waals surface area contributed by atoms with Crippen LogP contribution in [0.2, 0.25) is 0 Å². The van der Waals surface area contributed by atoms with E-state index in [0.717, 1.165) is 36.4 Å². The normalized spacial score (nSPS) is 15.4. The van der Waals surface area contributed by atoms with Crippen LogP contribution in [0.25, 0.3) is 5.65 Å². The van der Waals surface area contributed by atoms with Crippen LogP contribution < -0.4 is 4.90 Å². The standard InChI is InChI=1S/C20H21F3N4O/c1-13-15(4-3-5-16(13)20(21,22)23)10-17-14(2)25-18-11-24-19(12-27(17)18)26-6-8-28-9-7-26/h3-5,11-12H,6-10H2,1-2H3. The van der Waals surface area contributed by atoms with Crippen molar-refractivity contribution >= 4 is 11.5 Å². The number of nitrogens with zero attached hydrogens (tertiary/aromatic N) is 4. The largest absolute Gasteiger partial charge is 0.416 e. The van der Waals surface area contributed by atoms with Gasteiger partial charge in [0.05, 0.1) is 36.9 Å². The fourth-order valence-corrected chi connectivity index (χ4v) is 3.64. The second-order valence-corrected chi connectivity index (χ2v) is 6.98. The van der Waals surface area contributed by atoms with Crippen LogP contribution >= 0.6 is 0 Å². The molecule has 0 radical (unpaired) electrons. The Morgan fingerprint density at radius 1 is 1.14 bits per heavy atom. The number of hydrogen-bond acceptors (Lipinski definition) is 4. The summed E-state index contributed by atoms with van der Waals surface area (Å²) >= 11 is 0. The summed E-state index contributed by atoms with van der Waals surface area (Å²) in [7, 11) is 0. The molecule has 8 heteroatoms. The van der Waals surface area contributed by atoms with Gasteiger partial charge in [-0.05, 0) is 31.0 Å². The third-order valence-electron chi connectivity index (χ3n) is 5.24. The molecule has 3 aromatic rings. The van der Waals surface area contributed by atoms with Gasteiger partial charge in [-0.3, -0.25) is 4.40 Å². The molecule has 0 N–H and O–H groups in total. The van der Waals surface area contributed by atoms with Crippen LogP contribution in [0, 0.1) is 13.8 Å². The number of benzene rings is 1. The summed E-state index contributed by atoms with van der Waals surface area (Å²) in [5.74, 6) is 0.815. The molecular formula is C20H21F3N4O. The van der Waals surface area contributed by atoms with Crippen LogP contribution in [0.15, 0.2) is 30.6 Å². The van der Waals surface area contributed by atoms with E-state index in [-0.39, 0.29) is 5.56 Å². The topological polar surface area (TPSA) is 42.7 Å². The van der Waals surface area contributed by atoms with Crippen molar-refractivity contribution in [3.05, 3.63) is 58.7 Å². The monoisotopic (exact) mass is 390 g/mol. The molecule has 0 bridgehead atoms. The molecule has 4 rings (SSSR count). The van der Waals surface area contributed by atoms with Crippen LogP contribution in [0.4, 0.5) is 19.0 Å². The highest BCUT2D eigenvalue weighted by Gasteiger charge is 2.33. The minimum Gasteiger partial charge on any atom is -0.378 e. The maximum absolute atomic E-state index is 13.3. The van der Waals surface area contributed by atoms with Gasteiger partial charge in [0, 0.05) is 25.2 Å². The van der Waals surface area contributed by atoms with Gasteiger partial charge in [0.2, 0.25) is 0 Å². The lowest BCUT2D eigenvalue weighted by molar-refractivity contribution is -0.138. The first-order valence-electron chi connectivity index (χ1n) is 9.16. The van der Waals surface area contributed by atoms with E-state index in [4.69, 9.17) is 4.74 Å². The van der Waals surface area contributed by atoms with Crippen molar-refractivity contribution in [2.45, 2.75) is 26.4 Å². The number of rotatable bonds is 3. The molecule has 1 aliphatic heterocycles. The second-order valence-electron chi connectivity index (χ2n) is 6.98. The van der Waals surface area contributed by atoms with Gasteiger partial charge in [-0.2, -0.15) is 13.2 Å². The zero-order valence-corrected chi connectivity index (χ0v) is 15.8. The predicted octanol–water partition coefficient (Wildman–Crippen LogP) is 3.79. The van der Waals surface area contributed by atoms with Crippen molar-refractivity contribution < 1.29 is 17.9 Å². The zero-order valence-electron chi connectivity index (χ0n) is 15.8. The number of fused-ring (bicyclic) bond motifs is 1. The fourth-order valence-electron chi connectivity index (χ4n) is 3.64. The summed E-state index contributed by atoms with van der Waals surface area (Å²) in [5, 5.41) is 0. The Kier molecular flexibility index (Phi) is 4.74. The van der Waals surface area contributed by atoms with E-state index in [1.807, 2.05) is 17.5 Å². The van der Waals surface area contributed by atoms with Crippen molar-refractivity contribution in [3.8, 4) is 0 Å². The maximum Gasteiger partial charge on any atom is 0.416 e. The van der Waals surface area contributed by atoms with Crippen molar-refractivity contribution in [2.24, 2.45) is 0 Å². The highest BCUT2D eigenvalue weighted by Crippen LogP contribution is 2.33. The molecule has 0 unspecified atom stereocenters. The maximum atomic E-state index is 13.3. The van der Waals surface area contributed by atoms with E-state index < -0.39 is 11.7 Å². The number of anilines is 1. The molecule has 1 aliphatic rings. The third-order valence-corrected chi connectivity index (χ3v) is 5.24. The van der Waals surface area contributed by atoms with Crippen LogP contribution in [-0.4, -0.2) is 40.7 Å². The first-order chi connectivity index (χ1) is 13.3. The average molecular weight is 390 g/mol.